The summed E-state index contributed by atoms with van der Waals surface area (Å²) in [4.78, 5) is 15.2. The molecule has 2 N–H and O–H groups in total. The molecule has 1 aromatic heterocycles. The van der Waals surface area contributed by atoms with E-state index in [1.165, 1.54) is 6.42 Å². The molecule has 0 spiro atoms. The van der Waals surface area contributed by atoms with Crippen molar-refractivity contribution in [3.8, 4) is 11.5 Å². The summed E-state index contributed by atoms with van der Waals surface area (Å²) < 4.78 is 11.8. The fourth-order valence-electron chi connectivity index (χ4n) is 4.31. The number of likely N-dealkylation sites (tertiary alicyclic amines) is 1. The van der Waals surface area contributed by atoms with E-state index >= 15 is 0 Å². The highest BCUT2D eigenvalue weighted by Gasteiger charge is 2.32. The standard InChI is InChI=1S/C24H23NO4.C3H8O/c1-15-5-4-10-25(13-15)14-19-20(26)9-8-18-23(27)22(29-24(18)19)12-17-11-16-6-2-3-7-21(16)28-17;1-3(2)4/h2-3,6-9,11-12,15,26H,4-5,10,13-14H2,1H3;3-4H,1-2H3. The minimum absolute atomic E-state index is 0.166. The van der Waals surface area contributed by atoms with E-state index in [-0.39, 0.29) is 23.4 Å². The summed E-state index contributed by atoms with van der Waals surface area (Å²) in [6.07, 6.45) is 3.84. The second kappa shape index (κ2) is 9.81. The minimum atomic E-state index is -0.186. The second-order valence-corrected chi connectivity index (χ2v) is 9.14. The fraction of sp³-hybridized carbons (Fsp3) is 0.370. The molecular weight excluding hydrogens is 418 g/mol. The molecule has 0 saturated carbocycles. The van der Waals surface area contributed by atoms with Gasteiger partial charge in [0.1, 0.15) is 22.8 Å². The van der Waals surface area contributed by atoms with Crippen LogP contribution in [0.4, 0.5) is 0 Å². The van der Waals surface area contributed by atoms with Crippen LogP contribution in [0.1, 0.15) is 55.3 Å². The molecule has 1 atom stereocenters. The lowest BCUT2D eigenvalue weighted by Gasteiger charge is -2.31. The molecule has 1 fully saturated rings. The number of ether oxygens (including phenoxy) is 1. The first kappa shape index (κ1) is 23.1. The number of para-hydroxylation sites is 1. The van der Waals surface area contributed by atoms with Gasteiger partial charge in [-0.1, -0.05) is 25.1 Å². The molecule has 2 aliphatic rings. The van der Waals surface area contributed by atoms with E-state index in [9.17, 15) is 9.90 Å². The lowest BCUT2D eigenvalue weighted by molar-refractivity contribution is 0.101. The molecule has 0 bridgehead atoms. The zero-order valence-electron chi connectivity index (χ0n) is 19.4. The normalized spacial score (nSPS) is 19.5. The Morgan fingerprint density at radius 1 is 1.21 bits per heavy atom. The van der Waals surface area contributed by atoms with Gasteiger partial charge in [0.25, 0.3) is 0 Å². The van der Waals surface area contributed by atoms with Crippen molar-refractivity contribution in [2.24, 2.45) is 5.92 Å². The maximum Gasteiger partial charge on any atom is 0.232 e. The quantitative estimate of drug-likeness (QED) is 0.523. The predicted octanol–water partition coefficient (Wildman–Crippen LogP) is 5.37. The highest BCUT2D eigenvalue weighted by atomic mass is 16.5. The zero-order chi connectivity index (χ0) is 23.5. The smallest absolute Gasteiger partial charge is 0.232 e. The number of phenolic OH excluding ortho intramolecular Hbond substituents is 1. The van der Waals surface area contributed by atoms with E-state index in [4.69, 9.17) is 14.3 Å². The number of allylic oxidation sites excluding steroid dienone is 1. The minimum Gasteiger partial charge on any atom is -0.507 e. The van der Waals surface area contributed by atoms with Crippen LogP contribution < -0.4 is 4.74 Å². The third-order valence-electron chi connectivity index (χ3n) is 5.76. The van der Waals surface area contributed by atoms with Gasteiger partial charge in [0, 0.05) is 30.7 Å². The number of fused-ring (bicyclic) bond motifs is 2. The van der Waals surface area contributed by atoms with Gasteiger partial charge in [-0.3, -0.25) is 9.69 Å². The molecule has 174 valence electrons. The summed E-state index contributed by atoms with van der Waals surface area (Å²) >= 11 is 0. The average Bonchev–Trinajstić information content (AvgIpc) is 3.31. The molecule has 3 aromatic rings. The third kappa shape index (κ3) is 5.29. The van der Waals surface area contributed by atoms with Gasteiger partial charge in [-0.2, -0.15) is 0 Å². The number of carbonyl (C=O) groups excluding carboxylic acids is 1. The van der Waals surface area contributed by atoms with Gasteiger partial charge in [0.05, 0.1) is 11.1 Å². The predicted molar refractivity (Wildman–Crippen MR) is 128 cm³/mol. The maximum absolute atomic E-state index is 12.9. The van der Waals surface area contributed by atoms with Crippen LogP contribution in [0.5, 0.6) is 11.5 Å². The van der Waals surface area contributed by atoms with Crippen LogP contribution in [0.3, 0.4) is 0 Å². The van der Waals surface area contributed by atoms with Gasteiger partial charge in [-0.15, -0.1) is 0 Å². The van der Waals surface area contributed by atoms with Gasteiger partial charge >= 0.3 is 0 Å². The number of benzene rings is 2. The summed E-state index contributed by atoms with van der Waals surface area (Å²) in [6, 6.07) is 12.8. The Bertz CT molecular complexity index is 1140. The van der Waals surface area contributed by atoms with Gasteiger partial charge in [-0.05, 0) is 63.4 Å². The Hall–Kier alpha value is -3.09. The lowest BCUT2D eigenvalue weighted by Crippen LogP contribution is -2.33. The SMILES string of the molecule is CC(C)O.CC1CCCN(Cc2c(O)ccc3c2OC(=Cc2cc4ccccc4o2)C3=O)C1. The maximum atomic E-state index is 12.9. The topological polar surface area (TPSA) is 83.1 Å². The van der Waals surface area contributed by atoms with E-state index in [0.29, 0.717) is 35.1 Å². The van der Waals surface area contributed by atoms with E-state index in [1.54, 1.807) is 32.1 Å². The van der Waals surface area contributed by atoms with Gasteiger partial charge in [0.15, 0.2) is 5.76 Å². The number of nitrogens with zero attached hydrogens (tertiary/aromatic N) is 1. The number of aromatic hydroxyl groups is 1. The Labute approximate surface area is 194 Å². The van der Waals surface area contributed by atoms with E-state index < -0.39 is 0 Å². The highest BCUT2D eigenvalue weighted by Crippen LogP contribution is 2.40. The lowest BCUT2D eigenvalue weighted by atomic mass is 9.99. The van der Waals surface area contributed by atoms with Crippen LogP contribution in [-0.4, -0.2) is 40.1 Å². The molecule has 2 aromatic carbocycles. The van der Waals surface area contributed by atoms with Crippen molar-refractivity contribution in [1.29, 1.82) is 0 Å². The van der Waals surface area contributed by atoms with E-state index in [2.05, 4.69) is 11.8 Å². The Morgan fingerprint density at radius 2 is 1.97 bits per heavy atom. The molecular formula is C27H31NO5. The number of piperidine rings is 1. The Balaban J connectivity index is 0.000000601. The summed E-state index contributed by atoms with van der Waals surface area (Å²) in [5.41, 5.74) is 1.93. The van der Waals surface area contributed by atoms with Crippen LogP contribution >= 0.6 is 0 Å². The number of hydrogen-bond donors (Lipinski definition) is 2. The van der Waals surface area contributed by atoms with Gasteiger partial charge in [-0.25, -0.2) is 0 Å². The number of aliphatic hydroxyl groups is 1. The van der Waals surface area contributed by atoms with Crippen LogP contribution in [0.15, 0.2) is 52.6 Å². The number of furan rings is 1. The Morgan fingerprint density at radius 3 is 2.70 bits per heavy atom. The monoisotopic (exact) mass is 449 g/mol. The molecule has 0 aliphatic carbocycles. The fourth-order valence-corrected chi connectivity index (χ4v) is 4.31. The molecule has 0 amide bonds. The first-order chi connectivity index (χ1) is 15.8. The molecule has 0 radical (unpaired) electrons. The number of rotatable bonds is 3. The van der Waals surface area contributed by atoms with Crippen LogP contribution in [0.25, 0.3) is 17.0 Å². The van der Waals surface area contributed by atoms with Crippen LogP contribution in [0.2, 0.25) is 0 Å². The van der Waals surface area contributed by atoms with E-state index in [0.717, 1.165) is 30.5 Å². The van der Waals surface area contributed by atoms with Crippen LogP contribution in [-0.2, 0) is 6.54 Å². The summed E-state index contributed by atoms with van der Waals surface area (Å²) in [7, 11) is 0. The third-order valence-corrected chi connectivity index (χ3v) is 5.76. The first-order valence-electron chi connectivity index (χ1n) is 11.5. The number of carbonyl (C=O) groups is 1. The molecule has 6 heteroatoms. The average molecular weight is 450 g/mol. The van der Waals surface area contributed by atoms with Crippen molar-refractivity contribution >= 4 is 22.8 Å². The zero-order valence-corrected chi connectivity index (χ0v) is 19.4. The number of ketones is 1. The van der Waals surface area contributed by atoms with Crippen molar-refractivity contribution in [2.45, 2.75) is 46.3 Å². The van der Waals surface area contributed by atoms with Crippen molar-refractivity contribution in [2.75, 3.05) is 13.1 Å². The number of hydrogen-bond acceptors (Lipinski definition) is 6. The van der Waals surface area contributed by atoms with Crippen molar-refractivity contribution in [3.05, 3.63) is 65.1 Å². The number of Topliss-reactive ketones (excluding diaryl/α,β-unsaturated/α-hetero) is 1. The van der Waals surface area contributed by atoms with E-state index in [1.807, 2.05) is 30.3 Å². The molecule has 1 unspecified atom stereocenters. The summed E-state index contributed by atoms with van der Waals surface area (Å²) in [5.74, 6) is 1.87. The molecule has 33 heavy (non-hydrogen) atoms. The van der Waals surface area contributed by atoms with Gasteiger partial charge < -0.3 is 19.4 Å². The van der Waals surface area contributed by atoms with Crippen molar-refractivity contribution in [1.82, 2.24) is 4.90 Å². The number of aliphatic hydroxyl groups excluding tert-OH is 1. The summed E-state index contributed by atoms with van der Waals surface area (Å²) in [6.45, 7) is 8.24. The van der Waals surface area contributed by atoms with Crippen molar-refractivity contribution in [3.63, 3.8) is 0 Å². The molecule has 6 nitrogen and oxygen atoms in total. The highest BCUT2D eigenvalue weighted by molar-refractivity contribution is 6.15. The molecule has 5 rings (SSSR count). The first-order valence-corrected chi connectivity index (χ1v) is 11.5. The Kier molecular flexibility index (Phi) is 6.86. The van der Waals surface area contributed by atoms with Crippen LogP contribution in [0, 0.1) is 5.92 Å². The summed E-state index contributed by atoms with van der Waals surface area (Å²) in [5, 5.41) is 19.5. The molecule has 3 heterocycles. The second-order valence-electron chi connectivity index (χ2n) is 9.14. The van der Waals surface area contributed by atoms with Gasteiger partial charge in [0.2, 0.25) is 5.78 Å². The van der Waals surface area contributed by atoms with Crippen molar-refractivity contribution < 1.29 is 24.2 Å². The molecule has 1 saturated heterocycles. The number of phenols is 1. The largest absolute Gasteiger partial charge is 0.507 e. The molecule has 2 aliphatic heterocycles.